The Morgan fingerprint density at radius 3 is 2.50 bits per heavy atom. The predicted octanol–water partition coefficient (Wildman–Crippen LogP) is 0.0504. The number of ether oxygens (including phenoxy) is 1. The van der Waals surface area contributed by atoms with Gasteiger partial charge in [0.05, 0.1) is 25.3 Å². The number of rotatable bonds is 8. The van der Waals surface area contributed by atoms with E-state index in [0.717, 1.165) is 31.7 Å². The van der Waals surface area contributed by atoms with Crippen molar-refractivity contribution in [3.63, 3.8) is 0 Å². The predicted molar refractivity (Wildman–Crippen MR) is 111 cm³/mol. The van der Waals surface area contributed by atoms with Crippen molar-refractivity contribution >= 4 is 17.9 Å². The lowest BCUT2D eigenvalue weighted by Gasteiger charge is -2.35. The van der Waals surface area contributed by atoms with Crippen molar-refractivity contribution < 1.29 is 19.1 Å². The first-order valence-corrected chi connectivity index (χ1v) is 10.2. The molecular formula is C21H29N5O4. The minimum atomic E-state index is -0.409. The number of nitrogens with one attached hydrogen (secondary N) is 3. The second-order valence-corrected chi connectivity index (χ2v) is 7.30. The van der Waals surface area contributed by atoms with Crippen LogP contribution in [0.5, 0.6) is 0 Å². The number of carbonyl (C=O) groups is 3. The van der Waals surface area contributed by atoms with Crippen LogP contribution in [-0.4, -0.2) is 80.1 Å². The van der Waals surface area contributed by atoms with E-state index in [1.165, 1.54) is 0 Å². The van der Waals surface area contributed by atoms with Gasteiger partial charge in [0.2, 0.25) is 5.91 Å². The zero-order valence-electron chi connectivity index (χ0n) is 17.3. The Labute approximate surface area is 176 Å². The van der Waals surface area contributed by atoms with E-state index < -0.39 is 5.97 Å². The van der Waals surface area contributed by atoms with Gasteiger partial charge in [0.15, 0.2) is 0 Å². The Kier molecular flexibility index (Phi) is 7.81. The molecule has 1 aromatic rings. The van der Waals surface area contributed by atoms with Gasteiger partial charge in [-0.05, 0) is 12.5 Å². The second-order valence-electron chi connectivity index (χ2n) is 7.30. The van der Waals surface area contributed by atoms with Crippen molar-refractivity contribution in [1.82, 2.24) is 25.8 Å². The number of urea groups is 1. The Morgan fingerprint density at radius 1 is 1.10 bits per heavy atom. The van der Waals surface area contributed by atoms with Crippen LogP contribution in [0.4, 0.5) is 4.79 Å². The Hall–Kier alpha value is -2.91. The Bertz CT molecular complexity index is 788. The molecule has 2 aliphatic heterocycles. The number of esters is 1. The van der Waals surface area contributed by atoms with Gasteiger partial charge in [0, 0.05) is 45.0 Å². The van der Waals surface area contributed by atoms with Gasteiger partial charge in [0.25, 0.3) is 0 Å². The number of amides is 3. The normalized spacial score (nSPS) is 17.8. The van der Waals surface area contributed by atoms with Crippen LogP contribution in [0.1, 0.15) is 12.5 Å². The maximum absolute atomic E-state index is 12.2. The van der Waals surface area contributed by atoms with Gasteiger partial charge in [-0.15, -0.1) is 0 Å². The van der Waals surface area contributed by atoms with E-state index in [4.69, 9.17) is 4.74 Å². The van der Waals surface area contributed by atoms with Crippen LogP contribution in [-0.2, 0) is 20.9 Å². The molecule has 0 aromatic heterocycles. The smallest absolute Gasteiger partial charge is 0.337 e. The number of nitrogens with zero attached hydrogens (tertiary/aromatic N) is 2. The summed E-state index contributed by atoms with van der Waals surface area (Å²) in [5.41, 5.74) is 2.12. The summed E-state index contributed by atoms with van der Waals surface area (Å²) in [6, 6.07) is 9.51. The maximum atomic E-state index is 12.2. The molecule has 0 aliphatic carbocycles. The third-order valence-corrected chi connectivity index (χ3v) is 5.12. The van der Waals surface area contributed by atoms with Gasteiger partial charge in [-0.3, -0.25) is 14.6 Å². The van der Waals surface area contributed by atoms with Gasteiger partial charge in [-0.1, -0.05) is 30.3 Å². The highest BCUT2D eigenvalue weighted by Crippen LogP contribution is 2.12. The molecule has 30 heavy (non-hydrogen) atoms. The zero-order valence-corrected chi connectivity index (χ0v) is 17.3. The molecule has 0 bridgehead atoms. The van der Waals surface area contributed by atoms with E-state index in [1.54, 1.807) is 6.92 Å². The van der Waals surface area contributed by atoms with Crippen molar-refractivity contribution in [1.29, 1.82) is 0 Å². The monoisotopic (exact) mass is 415 g/mol. The summed E-state index contributed by atoms with van der Waals surface area (Å²) >= 11 is 0. The molecule has 9 heteroatoms. The molecule has 0 atom stereocenters. The molecule has 0 spiro atoms. The summed E-state index contributed by atoms with van der Waals surface area (Å²) in [6.07, 6.45) is 0. The molecule has 0 saturated carbocycles. The fraction of sp³-hybridized carbons (Fsp3) is 0.476. The van der Waals surface area contributed by atoms with Gasteiger partial charge >= 0.3 is 12.0 Å². The SMILES string of the molecule is CCOC(=O)C1=C(CN2CCN(CC(=O)NCc3ccccc3)CC2)NC(=O)NC1. The lowest BCUT2D eigenvalue weighted by Crippen LogP contribution is -2.52. The number of hydrogen-bond donors (Lipinski definition) is 3. The maximum Gasteiger partial charge on any atom is 0.337 e. The molecule has 0 radical (unpaired) electrons. The molecule has 1 fully saturated rings. The van der Waals surface area contributed by atoms with Crippen molar-refractivity contribution in [3.05, 3.63) is 47.2 Å². The second kappa shape index (κ2) is 10.7. The van der Waals surface area contributed by atoms with Crippen molar-refractivity contribution in [2.75, 3.05) is 52.4 Å². The van der Waals surface area contributed by atoms with Crippen LogP contribution in [0, 0.1) is 0 Å². The van der Waals surface area contributed by atoms with Gasteiger partial charge in [-0.25, -0.2) is 9.59 Å². The molecule has 3 amide bonds. The molecule has 9 nitrogen and oxygen atoms in total. The van der Waals surface area contributed by atoms with Gasteiger partial charge < -0.3 is 20.7 Å². The molecule has 0 unspecified atom stereocenters. The van der Waals surface area contributed by atoms with Crippen molar-refractivity contribution in [3.8, 4) is 0 Å². The third kappa shape index (κ3) is 6.30. The largest absolute Gasteiger partial charge is 0.463 e. The van der Waals surface area contributed by atoms with E-state index in [-0.39, 0.29) is 25.1 Å². The summed E-state index contributed by atoms with van der Waals surface area (Å²) in [5, 5.41) is 8.30. The first-order chi connectivity index (χ1) is 14.5. The summed E-state index contributed by atoms with van der Waals surface area (Å²) in [4.78, 5) is 40.3. The number of carbonyl (C=O) groups excluding carboxylic acids is 3. The van der Waals surface area contributed by atoms with Crippen LogP contribution in [0.15, 0.2) is 41.6 Å². The van der Waals surface area contributed by atoms with E-state index in [1.807, 2.05) is 30.3 Å². The van der Waals surface area contributed by atoms with E-state index in [0.29, 0.717) is 30.9 Å². The third-order valence-electron chi connectivity index (χ3n) is 5.12. The first kappa shape index (κ1) is 21.8. The van der Waals surface area contributed by atoms with Gasteiger partial charge in [0.1, 0.15) is 0 Å². The van der Waals surface area contributed by atoms with Crippen LogP contribution >= 0.6 is 0 Å². The Balaban J connectivity index is 1.45. The average molecular weight is 415 g/mol. The molecule has 3 N–H and O–H groups in total. The minimum Gasteiger partial charge on any atom is -0.463 e. The minimum absolute atomic E-state index is 0.00484. The van der Waals surface area contributed by atoms with E-state index in [9.17, 15) is 14.4 Å². The van der Waals surface area contributed by atoms with Crippen LogP contribution in [0.2, 0.25) is 0 Å². The lowest BCUT2D eigenvalue weighted by molar-refractivity contribution is -0.138. The van der Waals surface area contributed by atoms with E-state index in [2.05, 4.69) is 25.8 Å². The number of hydrogen-bond acceptors (Lipinski definition) is 6. The highest BCUT2D eigenvalue weighted by Gasteiger charge is 2.26. The fourth-order valence-electron chi connectivity index (χ4n) is 3.47. The highest BCUT2D eigenvalue weighted by molar-refractivity contribution is 5.93. The number of benzene rings is 1. The topological polar surface area (TPSA) is 103 Å². The van der Waals surface area contributed by atoms with Crippen LogP contribution < -0.4 is 16.0 Å². The van der Waals surface area contributed by atoms with Crippen LogP contribution in [0.25, 0.3) is 0 Å². The molecular weight excluding hydrogens is 386 g/mol. The highest BCUT2D eigenvalue weighted by atomic mass is 16.5. The summed E-state index contributed by atoms with van der Waals surface area (Å²) in [6.45, 7) is 6.54. The zero-order chi connectivity index (χ0) is 21.3. The molecule has 1 saturated heterocycles. The molecule has 1 aromatic carbocycles. The molecule has 162 valence electrons. The van der Waals surface area contributed by atoms with Crippen LogP contribution in [0.3, 0.4) is 0 Å². The van der Waals surface area contributed by atoms with Crippen molar-refractivity contribution in [2.45, 2.75) is 13.5 Å². The molecule has 2 heterocycles. The first-order valence-electron chi connectivity index (χ1n) is 10.2. The summed E-state index contributed by atoms with van der Waals surface area (Å²) in [7, 11) is 0. The average Bonchev–Trinajstić information content (AvgIpc) is 2.75. The summed E-state index contributed by atoms with van der Waals surface area (Å²) < 4.78 is 5.09. The number of piperazine rings is 1. The fourth-order valence-corrected chi connectivity index (χ4v) is 3.47. The standard InChI is InChI=1S/C21H29N5O4/c1-2-30-20(28)17-13-23-21(29)24-18(17)14-25-8-10-26(11-9-25)15-19(27)22-12-16-6-4-3-5-7-16/h3-7H,2,8-15H2,1H3,(H,22,27)(H2,23,24,29). The van der Waals surface area contributed by atoms with Crippen molar-refractivity contribution in [2.24, 2.45) is 0 Å². The Morgan fingerprint density at radius 2 is 1.80 bits per heavy atom. The van der Waals surface area contributed by atoms with E-state index >= 15 is 0 Å². The summed E-state index contributed by atoms with van der Waals surface area (Å²) in [5.74, 6) is -0.404. The lowest BCUT2D eigenvalue weighted by atomic mass is 10.1. The molecule has 3 rings (SSSR count). The van der Waals surface area contributed by atoms with Gasteiger partial charge in [-0.2, -0.15) is 0 Å². The quantitative estimate of drug-likeness (QED) is 0.519. The molecule has 2 aliphatic rings.